The van der Waals surface area contributed by atoms with Crippen molar-refractivity contribution in [3.05, 3.63) is 31.2 Å². The maximum absolute atomic E-state index is 12.9. The molecule has 8 heteroatoms. The van der Waals surface area contributed by atoms with Gasteiger partial charge in [-0.1, -0.05) is 163 Å². The van der Waals surface area contributed by atoms with Crippen LogP contribution in [0.25, 0.3) is 0 Å². The maximum Gasteiger partial charge on any atom is 0.340 e. The van der Waals surface area contributed by atoms with Gasteiger partial charge in [-0.2, -0.15) is 0 Å². The quantitative estimate of drug-likeness (QED) is 0.0566. The summed E-state index contributed by atoms with van der Waals surface area (Å²) in [6, 6.07) is 0. The molecule has 0 atom stereocenters. The second-order valence-corrected chi connectivity index (χ2v) is 11.4. The van der Waals surface area contributed by atoms with Crippen LogP contribution in [-0.2, 0) is 9.47 Å². The van der Waals surface area contributed by atoms with E-state index in [1.165, 1.54) is 77.0 Å². The lowest BCUT2D eigenvalue weighted by molar-refractivity contribution is 0.0450. The number of hydrogen-bond donors (Lipinski definition) is 0. The molecule has 4 nitrogen and oxygen atoms in total. The van der Waals surface area contributed by atoms with E-state index in [2.05, 4.69) is 13.8 Å². The molecular formula is C30H46Cl4O4. The summed E-state index contributed by atoms with van der Waals surface area (Å²) in [7, 11) is 0. The van der Waals surface area contributed by atoms with E-state index < -0.39 is 11.9 Å². The molecule has 0 aromatic heterocycles. The van der Waals surface area contributed by atoms with Crippen LogP contribution in [-0.4, -0.2) is 25.2 Å². The van der Waals surface area contributed by atoms with Crippen LogP contribution in [0.3, 0.4) is 0 Å². The number of ether oxygens (including phenoxy) is 2. The average Bonchev–Trinajstić information content (AvgIpc) is 2.91. The van der Waals surface area contributed by atoms with E-state index in [-0.39, 0.29) is 44.4 Å². The third kappa shape index (κ3) is 13.6. The molecule has 0 bridgehead atoms. The second kappa shape index (κ2) is 22.1. The Hall–Kier alpha value is -0.680. The van der Waals surface area contributed by atoms with Gasteiger partial charge in [-0.15, -0.1) is 0 Å². The molecule has 0 spiro atoms. The van der Waals surface area contributed by atoms with Gasteiger partial charge in [-0.05, 0) is 12.8 Å². The minimum absolute atomic E-state index is 0.0937. The molecule has 0 amide bonds. The summed E-state index contributed by atoms with van der Waals surface area (Å²) in [6.45, 7) is 4.86. The Morgan fingerprint density at radius 2 is 0.711 bits per heavy atom. The second-order valence-electron chi connectivity index (χ2n) is 9.93. The van der Waals surface area contributed by atoms with Gasteiger partial charge in [0.2, 0.25) is 0 Å². The first-order valence-corrected chi connectivity index (χ1v) is 16.1. The molecule has 218 valence electrons. The molecule has 0 aliphatic carbocycles. The van der Waals surface area contributed by atoms with Crippen LogP contribution >= 0.6 is 46.4 Å². The van der Waals surface area contributed by atoms with E-state index in [1.54, 1.807) is 0 Å². The van der Waals surface area contributed by atoms with Crippen molar-refractivity contribution in [2.24, 2.45) is 0 Å². The Morgan fingerprint density at radius 3 is 1.00 bits per heavy atom. The summed E-state index contributed by atoms with van der Waals surface area (Å²) in [6.07, 6.45) is 20.7. The monoisotopic (exact) mass is 610 g/mol. The SMILES string of the molecule is CCCCCCCCCCCCOC(=O)c1c(Cl)c(Cl)c(Cl)c(Cl)c1C(=O)OCCCCCCCCCC. The number of benzene rings is 1. The minimum atomic E-state index is -0.760. The maximum atomic E-state index is 12.9. The minimum Gasteiger partial charge on any atom is -0.462 e. The summed E-state index contributed by atoms with van der Waals surface area (Å²) in [5.74, 6) is -1.52. The van der Waals surface area contributed by atoms with E-state index in [0.29, 0.717) is 0 Å². The highest BCUT2D eigenvalue weighted by molar-refractivity contribution is 6.54. The third-order valence-corrected chi connectivity index (χ3v) is 8.44. The smallest absolute Gasteiger partial charge is 0.340 e. The zero-order valence-corrected chi connectivity index (χ0v) is 26.3. The van der Waals surface area contributed by atoms with Crippen LogP contribution in [0.4, 0.5) is 0 Å². The van der Waals surface area contributed by atoms with Gasteiger partial charge in [-0.3, -0.25) is 0 Å². The first-order valence-electron chi connectivity index (χ1n) is 14.6. The zero-order chi connectivity index (χ0) is 28.2. The zero-order valence-electron chi connectivity index (χ0n) is 23.3. The van der Waals surface area contributed by atoms with Crippen molar-refractivity contribution in [1.29, 1.82) is 0 Å². The van der Waals surface area contributed by atoms with Crippen LogP contribution in [0.1, 0.15) is 150 Å². The van der Waals surface area contributed by atoms with E-state index >= 15 is 0 Å². The van der Waals surface area contributed by atoms with Crippen LogP contribution in [0.15, 0.2) is 0 Å². The largest absolute Gasteiger partial charge is 0.462 e. The van der Waals surface area contributed by atoms with Crippen LogP contribution in [0.2, 0.25) is 20.1 Å². The van der Waals surface area contributed by atoms with Gasteiger partial charge in [0.05, 0.1) is 44.4 Å². The molecule has 0 aliphatic rings. The molecule has 0 heterocycles. The topological polar surface area (TPSA) is 52.6 Å². The van der Waals surface area contributed by atoms with Gasteiger partial charge in [0.25, 0.3) is 0 Å². The molecule has 1 rings (SSSR count). The highest BCUT2D eigenvalue weighted by atomic mass is 35.5. The van der Waals surface area contributed by atoms with Gasteiger partial charge in [0.15, 0.2) is 0 Å². The first-order chi connectivity index (χ1) is 18.4. The average molecular weight is 613 g/mol. The van der Waals surface area contributed by atoms with Crippen molar-refractivity contribution in [3.8, 4) is 0 Å². The van der Waals surface area contributed by atoms with Gasteiger partial charge in [0.1, 0.15) is 0 Å². The highest BCUT2D eigenvalue weighted by Gasteiger charge is 2.30. The summed E-state index contributed by atoms with van der Waals surface area (Å²) >= 11 is 25.0. The van der Waals surface area contributed by atoms with Crippen LogP contribution in [0.5, 0.6) is 0 Å². The van der Waals surface area contributed by atoms with Crippen molar-refractivity contribution in [2.45, 2.75) is 129 Å². The molecule has 0 N–H and O–H groups in total. The van der Waals surface area contributed by atoms with Crippen molar-refractivity contribution < 1.29 is 19.1 Å². The van der Waals surface area contributed by atoms with E-state index in [9.17, 15) is 9.59 Å². The summed E-state index contributed by atoms with van der Waals surface area (Å²) in [5.41, 5.74) is -0.391. The molecule has 0 fully saturated rings. The molecule has 0 saturated heterocycles. The lowest BCUT2D eigenvalue weighted by Crippen LogP contribution is -2.17. The van der Waals surface area contributed by atoms with E-state index in [0.717, 1.165) is 38.5 Å². The Balaban J connectivity index is 2.55. The molecule has 1 aromatic carbocycles. The standard InChI is InChI=1S/C30H46Cl4O4/c1-3-5-7-9-11-13-14-16-18-20-22-38-30(36)24-23(25(31)27(33)28(34)26(24)32)29(35)37-21-19-17-15-12-10-8-6-4-2/h3-22H2,1-2H3. The lowest BCUT2D eigenvalue weighted by atomic mass is 10.1. The summed E-state index contributed by atoms with van der Waals surface area (Å²) in [4.78, 5) is 25.8. The lowest BCUT2D eigenvalue weighted by Gasteiger charge is -2.15. The Bertz CT molecular complexity index is 829. The molecule has 38 heavy (non-hydrogen) atoms. The number of carbonyl (C=O) groups excluding carboxylic acids is 2. The third-order valence-electron chi connectivity index (χ3n) is 6.64. The van der Waals surface area contributed by atoms with Gasteiger partial charge in [-0.25, -0.2) is 9.59 Å². The molecular weight excluding hydrogens is 566 g/mol. The fraction of sp³-hybridized carbons (Fsp3) is 0.733. The molecule has 0 unspecified atom stereocenters. The van der Waals surface area contributed by atoms with Crippen molar-refractivity contribution in [2.75, 3.05) is 13.2 Å². The Labute approximate surface area is 250 Å². The number of carbonyl (C=O) groups is 2. The predicted molar refractivity (Wildman–Crippen MR) is 162 cm³/mol. The van der Waals surface area contributed by atoms with Gasteiger partial charge >= 0.3 is 11.9 Å². The fourth-order valence-corrected chi connectivity index (χ4v) is 5.32. The van der Waals surface area contributed by atoms with E-state index in [4.69, 9.17) is 55.9 Å². The first kappa shape index (κ1) is 35.3. The number of unbranched alkanes of at least 4 members (excludes halogenated alkanes) is 16. The normalized spacial score (nSPS) is 11.1. The Kier molecular flexibility index (Phi) is 20.5. The number of rotatable bonds is 22. The molecule has 0 aliphatic heterocycles. The van der Waals surface area contributed by atoms with Crippen molar-refractivity contribution in [1.82, 2.24) is 0 Å². The summed E-state index contributed by atoms with van der Waals surface area (Å²) < 4.78 is 10.8. The fourth-order valence-electron chi connectivity index (χ4n) is 4.31. The number of esters is 2. The van der Waals surface area contributed by atoms with Gasteiger partial charge < -0.3 is 9.47 Å². The van der Waals surface area contributed by atoms with Crippen molar-refractivity contribution >= 4 is 58.3 Å². The highest BCUT2D eigenvalue weighted by Crippen LogP contribution is 2.42. The molecule has 0 saturated carbocycles. The Morgan fingerprint density at radius 1 is 0.447 bits per heavy atom. The van der Waals surface area contributed by atoms with Crippen LogP contribution < -0.4 is 0 Å². The molecule has 0 radical (unpaired) electrons. The summed E-state index contributed by atoms with van der Waals surface area (Å²) in [5, 5.41) is -0.506. The number of halogens is 4. The molecule has 1 aromatic rings. The van der Waals surface area contributed by atoms with Gasteiger partial charge in [0, 0.05) is 0 Å². The van der Waals surface area contributed by atoms with E-state index in [1.807, 2.05) is 0 Å². The van der Waals surface area contributed by atoms with Crippen molar-refractivity contribution in [3.63, 3.8) is 0 Å². The predicted octanol–water partition coefficient (Wildman–Crippen LogP) is 11.7. The number of hydrogen-bond acceptors (Lipinski definition) is 4. The van der Waals surface area contributed by atoms with Crippen LogP contribution in [0, 0.1) is 0 Å².